The lowest BCUT2D eigenvalue weighted by molar-refractivity contribution is -0.120. The number of carbonyl (C=O) groups excluding carboxylic acids is 1. The van der Waals surface area contributed by atoms with Gasteiger partial charge in [0.2, 0.25) is 5.91 Å². The van der Waals surface area contributed by atoms with Gasteiger partial charge in [-0.3, -0.25) is 4.79 Å². The normalized spacial score (nSPS) is 39.3. The highest BCUT2D eigenvalue weighted by molar-refractivity contribution is 5.80. The second kappa shape index (κ2) is 2.61. The number of carbonyl (C=O) groups is 1. The molecule has 1 aliphatic carbocycles. The highest BCUT2D eigenvalue weighted by Gasteiger charge is 2.48. The van der Waals surface area contributed by atoms with Crippen molar-refractivity contribution in [2.75, 3.05) is 0 Å². The maximum Gasteiger partial charge on any atom is 0.220 e. The molecule has 2 rings (SSSR count). The summed E-state index contributed by atoms with van der Waals surface area (Å²) < 4.78 is 0. The number of hydrogen-bond donors (Lipinski definition) is 1. The summed E-state index contributed by atoms with van der Waals surface area (Å²) in [7, 11) is 0. The highest BCUT2D eigenvalue weighted by atomic mass is 16.2. The quantitative estimate of drug-likeness (QED) is 0.619. The van der Waals surface area contributed by atoms with E-state index in [1.165, 1.54) is 12.8 Å². The van der Waals surface area contributed by atoms with Gasteiger partial charge in [-0.1, -0.05) is 12.5 Å². The highest BCUT2D eigenvalue weighted by Crippen LogP contribution is 2.44. The number of nitrogens with one attached hydrogen (secondary N) is 1. The summed E-state index contributed by atoms with van der Waals surface area (Å²) in [6, 6.07) is 0. The van der Waals surface area contributed by atoms with Crippen LogP contribution in [0.4, 0.5) is 0 Å². The first-order chi connectivity index (χ1) is 5.77. The van der Waals surface area contributed by atoms with Gasteiger partial charge in [0.15, 0.2) is 0 Å². The molecule has 0 aromatic heterocycles. The van der Waals surface area contributed by atoms with E-state index in [9.17, 15) is 4.79 Å². The lowest BCUT2D eigenvalue weighted by Crippen LogP contribution is -2.42. The molecule has 2 fully saturated rings. The van der Waals surface area contributed by atoms with Gasteiger partial charge in [-0.2, -0.15) is 0 Å². The fraction of sp³-hybridized carbons (Fsp3) is 0.700. The van der Waals surface area contributed by atoms with Crippen LogP contribution in [0.25, 0.3) is 0 Å². The smallest absolute Gasteiger partial charge is 0.220 e. The van der Waals surface area contributed by atoms with Gasteiger partial charge in [0, 0.05) is 12.0 Å². The molecule has 1 N–H and O–H groups in total. The molecule has 0 aromatic carbocycles. The van der Waals surface area contributed by atoms with Crippen molar-refractivity contribution < 1.29 is 4.79 Å². The number of amides is 1. The molecule has 12 heavy (non-hydrogen) atoms. The van der Waals surface area contributed by atoms with E-state index in [-0.39, 0.29) is 11.4 Å². The minimum Gasteiger partial charge on any atom is -0.350 e. The molecule has 1 heterocycles. The summed E-state index contributed by atoms with van der Waals surface area (Å²) in [6.45, 7) is 3.75. The maximum absolute atomic E-state index is 11.2. The predicted molar refractivity (Wildman–Crippen MR) is 47.6 cm³/mol. The summed E-state index contributed by atoms with van der Waals surface area (Å²) in [5.41, 5.74) is 0.110. The summed E-state index contributed by atoms with van der Waals surface area (Å²) >= 11 is 0. The molecule has 1 saturated carbocycles. The van der Waals surface area contributed by atoms with Gasteiger partial charge in [0.25, 0.3) is 0 Å². The molecule has 2 aliphatic rings. The summed E-state index contributed by atoms with van der Waals surface area (Å²) in [5, 5.41) is 3.12. The molecule has 2 atom stereocenters. The average molecular weight is 165 g/mol. The Morgan fingerprint density at radius 3 is 3.33 bits per heavy atom. The lowest BCUT2D eigenvalue weighted by Gasteiger charge is -2.27. The lowest BCUT2D eigenvalue weighted by atomic mass is 9.86. The minimum atomic E-state index is 0.110. The molecule has 0 radical (unpaired) electrons. The monoisotopic (exact) mass is 165 g/mol. The van der Waals surface area contributed by atoms with Crippen LogP contribution in [0.3, 0.4) is 0 Å². The largest absolute Gasteiger partial charge is 0.350 e. The van der Waals surface area contributed by atoms with Crippen LogP contribution in [0, 0.1) is 5.92 Å². The standard InChI is InChI=1S/C10H15NO/c1-2-5-10-6-3-4-8(10)7-9(12)11-10/h2,8H,1,3-7H2,(H,11,12). The van der Waals surface area contributed by atoms with E-state index >= 15 is 0 Å². The third-order valence-corrected chi connectivity index (χ3v) is 3.29. The molecular weight excluding hydrogens is 150 g/mol. The van der Waals surface area contributed by atoms with E-state index in [1.54, 1.807) is 0 Å². The van der Waals surface area contributed by atoms with Crippen molar-refractivity contribution in [1.29, 1.82) is 0 Å². The molecule has 2 heteroatoms. The number of hydrogen-bond acceptors (Lipinski definition) is 1. The molecule has 0 bridgehead atoms. The second-order valence-corrected chi connectivity index (χ2v) is 3.99. The summed E-state index contributed by atoms with van der Waals surface area (Å²) in [6.07, 6.45) is 7.25. The van der Waals surface area contributed by atoms with Crippen molar-refractivity contribution in [1.82, 2.24) is 5.32 Å². The van der Waals surface area contributed by atoms with Crippen molar-refractivity contribution in [3.63, 3.8) is 0 Å². The Kier molecular flexibility index (Phi) is 1.71. The first-order valence-corrected chi connectivity index (χ1v) is 4.69. The summed E-state index contributed by atoms with van der Waals surface area (Å²) in [4.78, 5) is 11.2. The Hall–Kier alpha value is -0.790. The van der Waals surface area contributed by atoms with E-state index in [0.29, 0.717) is 5.92 Å². The van der Waals surface area contributed by atoms with E-state index in [4.69, 9.17) is 0 Å². The third kappa shape index (κ3) is 0.977. The maximum atomic E-state index is 11.2. The van der Waals surface area contributed by atoms with Crippen molar-refractivity contribution in [3.8, 4) is 0 Å². The van der Waals surface area contributed by atoms with Crippen molar-refractivity contribution in [3.05, 3.63) is 12.7 Å². The van der Waals surface area contributed by atoms with Gasteiger partial charge >= 0.3 is 0 Å². The third-order valence-electron chi connectivity index (χ3n) is 3.29. The van der Waals surface area contributed by atoms with Crippen LogP contribution in [0.5, 0.6) is 0 Å². The molecule has 1 amide bonds. The van der Waals surface area contributed by atoms with E-state index in [0.717, 1.165) is 19.3 Å². The van der Waals surface area contributed by atoms with Crippen LogP contribution in [0.2, 0.25) is 0 Å². The number of fused-ring (bicyclic) bond motifs is 1. The van der Waals surface area contributed by atoms with Crippen LogP contribution < -0.4 is 5.32 Å². The Labute approximate surface area is 73.0 Å². The van der Waals surface area contributed by atoms with Gasteiger partial charge in [-0.15, -0.1) is 6.58 Å². The van der Waals surface area contributed by atoms with Crippen LogP contribution in [0.1, 0.15) is 32.1 Å². The van der Waals surface area contributed by atoms with Crippen LogP contribution >= 0.6 is 0 Å². The molecule has 1 aliphatic heterocycles. The Balaban J connectivity index is 2.19. The topological polar surface area (TPSA) is 29.1 Å². The zero-order valence-corrected chi connectivity index (χ0v) is 7.31. The average Bonchev–Trinajstić information content (AvgIpc) is 2.44. The van der Waals surface area contributed by atoms with E-state index in [1.807, 2.05) is 6.08 Å². The first-order valence-electron chi connectivity index (χ1n) is 4.69. The molecular formula is C10H15NO. The number of rotatable bonds is 2. The predicted octanol–water partition coefficient (Wildman–Crippen LogP) is 1.62. The zero-order chi connectivity index (χ0) is 8.60. The molecule has 2 nitrogen and oxygen atoms in total. The van der Waals surface area contributed by atoms with E-state index < -0.39 is 0 Å². The second-order valence-electron chi connectivity index (χ2n) is 3.99. The van der Waals surface area contributed by atoms with Gasteiger partial charge in [-0.05, 0) is 25.2 Å². The van der Waals surface area contributed by atoms with Gasteiger partial charge < -0.3 is 5.32 Å². The van der Waals surface area contributed by atoms with Gasteiger partial charge in [0.1, 0.15) is 0 Å². The fourth-order valence-electron chi connectivity index (χ4n) is 2.74. The Morgan fingerprint density at radius 1 is 1.75 bits per heavy atom. The molecule has 0 aromatic rings. The minimum absolute atomic E-state index is 0.110. The van der Waals surface area contributed by atoms with Gasteiger partial charge in [-0.25, -0.2) is 0 Å². The van der Waals surface area contributed by atoms with Gasteiger partial charge in [0.05, 0.1) is 0 Å². The Morgan fingerprint density at radius 2 is 2.58 bits per heavy atom. The zero-order valence-electron chi connectivity index (χ0n) is 7.31. The van der Waals surface area contributed by atoms with Crippen LogP contribution in [-0.4, -0.2) is 11.4 Å². The van der Waals surface area contributed by atoms with Crippen molar-refractivity contribution >= 4 is 5.91 Å². The summed E-state index contributed by atoms with van der Waals surface area (Å²) in [5.74, 6) is 0.824. The fourth-order valence-corrected chi connectivity index (χ4v) is 2.74. The van der Waals surface area contributed by atoms with E-state index in [2.05, 4.69) is 11.9 Å². The van der Waals surface area contributed by atoms with Crippen molar-refractivity contribution in [2.45, 2.75) is 37.6 Å². The molecule has 1 saturated heterocycles. The molecule has 66 valence electrons. The van der Waals surface area contributed by atoms with Crippen molar-refractivity contribution in [2.24, 2.45) is 5.92 Å². The Bertz CT molecular complexity index is 224. The van der Waals surface area contributed by atoms with Crippen LogP contribution in [-0.2, 0) is 4.79 Å². The SMILES string of the molecule is C=CCC12CCCC1CC(=O)N2. The van der Waals surface area contributed by atoms with Crippen LogP contribution in [0.15, 0.2) is 12.7 Å². The first kappa shape index (κ1) is 7.84. The molecule has 0 spiro atoms. The molecule has 2 unspecified atom stereocenters.